The van der Waals surface area contributed by atoms with Gasteiger partial charge >= 0.3 is 0 Å². The maximum atomic E-state index is 6.36. The predicted octanol–water partition coefficient (Wildman–Crippen LogP) is 2.58. The average molecular weight is 309 g/mol. The van der Waals surface area contributed by atoms with Gasteiger partial charge in [-0.05, 0) is 11.6 Å². The number of anilines is 2. The number of thiazole rings is 1. The topological polar surface area (TPSA) is 45.4 Å². The first-order chi connectivity index (χ1) is 9.79. The lowest BCUT2D eigenvalue weighted by Crippen LogP contribution is -2.47. The Morgan fingerprint density at radius 1 is 1.20 bits per heavy atom. The number of piperazine rings is 1. The molecule has 1 aliphatic rings. The van der Waals surface area contributed by atoms with Crippen LogP contribution >= 0.6 is 22.9 Å². The van der Waals surface area contributed by atoms with Crippen molar-refractivity contribution in [1.82, 2.24) is 4.98 Å². The molecule has 1 saturated heterocycles. The monoisotopic (exact) mass is 308 g/mol. The zero-order chi connectivity index (χ0) is 13.9. The molecule has 1 aliphatic heterocycles. The van der Waals surface area contributed by atoms with Gasteiger partial charge in [0.15, 0.2) is 5.13 Å². The molecule has 0 aliphatic carbocycles. The van der Waals surface area contributed by atoms with Crippen LogP contribution in [0.15, 0.2) is 29.8 Å². The molecule has 3 rings (SSSR count). The maximum absolute atomic E-state index is 6.36. The van der Waals surface area contributed by atoms with Gasteiger partial charge in [0.1, 0.15) is 0 Å². The Labute approximate surface area is 127 Å². The van der Waals surface area contributed by atoms with Crippen molar-refractivity contribution < 1.29 is 0 Å². The number of hydrogen-bond acceptors (Lipinski definition) is 5. The van der Waals surface area contributed by atoms with Crippen LogP contribution in [0.4, 0.5) is 10.8 Å². The van der Waals surface area contributed by atoms with Crippen LogP contribution in [0.2, 0.25) is 5.02 Å². The Morgan fingerprint density at radius 3 is 2.60 bits per heavy atom. The van der Waals surface area contributed by atoms with E-state index in [1.165, 1.54) is 0 Å². The van der Waals surface area contributed by atoms with E-state index in [9.17, 15) is 0 Å². The summed E-state index contributed by atoms with van der Waals surface area (Å²) in [4.78, 5) is 9.02. The Kier molecular flexibility index (Phi) is 4.10. The molecule has 0 atom stereocenters. The van der Waals surface area contributed by atoms with Gasteiger partial charge in [0.25, 0.3) is 0 Å². The standard InChI is InChI=1S/C14H17ClN4S/c15-12-3-1-2-11(10-16)13(12)18-5-7-19(8-6-18)14-17-4-9-20-14/h1-4,9H,5-8,10,16H2. The van der Waals surface area contributed by atoms with Gasteiger partial charge in [-0.1, -0.05) is 23.7 Å². The molecule has 1 aromatic heterocycles. The van der Waals surface area contributed by atoms with Crippen LogP contribution in [-0.2, 0) is 6.54 Å². The largest absolute Gasteiger partial charge is 0.367 e. The summed E-state index contributed by atoms with van der Waals surface area (Å²) < 4.78 is 0. The molecule has 1 aromatic carbocycles. The molecule has 20 heavy (non-hydrogen) atoms. The van der Waals surface area contributed by atoms with E-state index in [2.05, 4.69) is 20.9 Å². The van der Waals surface area contributed by atoms with Crippen molar-refractivity contribution in [3.63, 3.8) is 0 Å². The van der Waals surface area contributed by atoms with Gasteiger partial charge in [-0.3, -0.25) is 0 Å². The molecule has 0 spiro atoms. The van der Waals surface area contributed by atoms with Crippen LogP contribution in [0.25, 0.3) is 0 Å². The summed E-state index contributed by atoms with van der Waals surface area (Å²) >= 11 is 8.04. The van der Waals surface area contributed by atoms with E-state index >= 15 is 0 Å². The van der Waals surface area contributed by atoms with Crippen molar-refractivity contribution in [2.75, 3.05) is 36.0 Å². The second-order valence-corrected chi connectivity index (χ2v) is 6.02. The molecule has 4 nitrogen and oxygen atoms in total. The molecule has 106 valence electrons. The van der Waals surface area contributed by atoms with Crippen LogP contribution in [0.5, 0.6) is 0 Å². The fraction of sp³-hybridized carbons (Fsp3) is 0.357. The lowest BCUT2D eigenvalue weighted by molar-refractivity contribution is 0.650. The molecule has 2 N–H and O–H groups in total. The highest BCUT2D eigenvalue weighted by molar-refractivity contribution is 7.13. The minimum absolute atomic E-state index is 0.516. The van der Waals surface area contributed by atoms with E-state index in [1.54, 1.807) is 11.3 Å². The van der Waals surface area contributed by atoms with Crippen molar-refractivity contribution in [2.45, 2.75) is 6.54 Å². The molecule has 6 heteroatoms. The third kappa shape index (κ3) is 2.61. The molecule has 2 aromatic rings. The molecular formula is C14H17ClN4S. The molecule has 0 unspecified atom stereocenters. The number of halogens is 1. The summed E-state index contributed by atoms with van der Waals surface area (Å²) in [6, 6.07) is 5.94. The van der Waals surface area contributed by atoms with Crippen LogP contribution in [0.1, 0.15) is 5.56 Å². The normalized spacial score (nSPS) is 15.7. The number of aromatic nitrogens is 1. The van der Waals surface area contributed by atoms with Crippen LogP contribution in [0, 0.1) is 0 Å². The smallest absolute Gasteiger partial charge is 0.185 e. The summed E-state index contributed by atoms with van der Waals surface area (Å²) in [7, 11) is 0. The predicted molar refractivity (Wildman–Crippen MR) is 85.9 cm³/mol. The van der Waals surface area contributed by atoms with Crippen molar-refractivity contribution in [3.8, 4) is 0 Å². The zero-order valence-electron chi connectivity index (χ0n) is 11.1. The Hall–Kier alpha value is -1.30. The Balaban J connectivity index is 1.75. The summed E-state index contributed by atoms with van der Waals surface area (Å²) in [5, 5.41) is 3.90. The van der Waals surface area contributed by atoms with E-state index in [0.29, 0.717) is 6.54 Å². The molecule has 1 fully saturated rings. The van der Waals surface area contributed by atoms with E-state index in [0.717, 1.165) is 47.6 Å². The minimum Gasteiger partial charge on any atom is -0.367 e. The van der Waals surface area contributed by atoms with Gasteiger partial charge in [-0.15, -0.1) is 11.3 Å². The lowest BCUT2D eigenvalue weighted by atomic mass is 10.1. The van der Waals surface area contributed by atoms with E-state index in [1.807, 2.05) is 23.7 Å². The lowest BCUT2D eigenvalue weighted by Gasteiger charge is -2.37. The Morgan fingerprint density at radius 2 is 1.95 bits per heavy atom. The van der Waals surface area contributed by atoms with Crippen LogP contribution in [-0.4, -0.2) is 31.2 Å². The fourth-order valence-corrected chi connectivity index (χ4v) is 3.58. The number of para-hydroxylation sites is 1. The fourth-order valence-electron chi connectivity index (χ4n) is 2.57. The second-order valence-electron chi connectivity index (χ2n) is 4.74. The van der Waals surface area contributed by atoms with Crippen LogP contribution < -0.4 is 15.5 Å². The van der Waals surface area contributed by atoms with Gasteiger partial charge in [-0.2, -0.15) is 0 Å². The van der Waals surface area contributed by atoms with Gasteiger partial charge in [0.05, 0.1) is 10.7 Å². The SMILES string of the molecule is NCc1cccc(Cl)c1N1CCN(c2nccs2)CC1. The molecule has 0 saturated carbocycles. The quantitative estimate of drug-likeness (QED) is 0.946. The van der Waals surface area contributed by atoms with E-state index < -0.39 is 0 Å². The van der Waals surface area contributed by atoms with Crippen molar-refractivity contribution in [2.24, 2.45) is 5.73 Å². The highest BCUT2D eigenvalue weighted by atomic mass is 35.5. The van der Waals surface area contributed by atoms with Gasteiger partial charge in [0.2, 0.25) is 0 Å². The van der Waals surface area contributed by atoms with Crippen molar-refractivity contribution in [3.05, 3.63) is 40.4 Å². The summed E-state index contributed by atoms with van der Waals surface area (Å²) in [5.74, 6) is 0. The number of benzene rings is 1. The molecule has 0 bridgehead atoms. The third-order valence-electron chi connectivity index (χ3n) is 3.58. The summed E-state index contributed by atoms with van der Waals surface area (Å²) in [5.41, 5.74) is 8.03. The Bertz CT molecular complexity index is 565. The van der Waals surface area contributed by atoms with Crippen molar-refractivity contribution >= 4 is 33.8 Å². The van der Waals surface area contributed by atoms with Gasteiger partial charge in [0, 0.05) is 44.3 Å². The molecule has 0 radical (unpaired) electrons. The first-order valence-corrected chi connectivity index (χ1v) is 7.92. The third-order valence-corrected chi connectivity index (χ3v) is 4.71. The summed E-state index contributed by atoms with van der Waals surface area (Å²) in [6.45, 7) is 4.32. The van der Waals surface area contributed by atoms with Gasteiger partial charge in [-0.25, -0.2) is 4.98 Å². The number of nitrogens with zero attached hydrogens (tertiary/aromatic N) is 3. The number of hydrogen-bond donors (Lipinski definition) is 1. The van der Waals surface area contributed by atoms with Crippen molar-refractivity contribution in [1.29, 1.82) is 0 Å². The van der Waals surface area contributed by atoms with E-state index in [-0.39, 0.29) is 0 Å². The molecule has 0 amide bonds. The average Bonchev–Trinajstić information content (AvgIpc) is 3.01. The molecule has 2 heterocycles. The highest BCUT2D eigenvalue weighted by Crippen LogP contribution is 2.31. The number of rotatable bonds is 3. The first kappa shape index (κ1) is 13.7. The maximum Gasteiger partial charge on any atom is 0.185 e. The minimum atomic E-state index is 0.516. The zero-order valence-corrected chi connectivity index (χ0v) is 12.7. The molecular weight excluding hydrogens is 292 g/mol. The van der Waals surface area contributed by atoms with E-state index in [4.69, 9.17) is 17.3 Å². The second kappa shape index (κ2) is 5.99. The van der Waals surface area contributed by atoms with Crippen LogP contribution in [0.3, 0.4) is 0 Å². The first-order valence-electron chi connectivity index (χ1n) is 6.66. The van der Waals surface area contributed by atoms with Gasteiger partial charge < -0.3 is 15.5 Å². The summed E-state index contributed by atoms with van der Waals surface area (Å²) in [6.07, 6.45) is 1.85. The highest BCUT2D eigenvalue weighted by Gasteiger charge is 2.21. The number of nitrogens with two attached hydrogens (primary N) is 1.